The van der Waals surface area contributed by atoms with Gasteiger partial charge in [0.25, 0.3) is 5.16 Å². The van der Waals surface area contributed by atoms with Gasteiger partial charge in [-0.3, -0.25) is 0 Å². The summed E-state index contributed by atoms with van der Waals surface area (Å²) in [5, 5.41) is 3.43. The van der Waals surface area contributed by atoms with E-state index in [4.69, 9.17) is 0 Å². The van der Waals surface area contributed by atoms with Crippen LogP contribution >= 0.6 is 0 Å². The van der Waals surface area contributed by atoms with Gasteiger partial charge in [0.1, 0.15) is 6.33 Å². The Morgan fingerprint density at radius 3 is 2.29 bits per heavy atom. The minimum absolute atomic E-state index is 0.298. The summed E-state index contributed by atoms with van der Waals surface area (Å²) in [4.78, 5) is 17.4. The number of hydrogen-bond donors (Lipinski definition) is 0. The number of carbonyl (C=O) groups excluding carboxylic acids is 1. The second-order valence-electron chi connectivity index (χ2n) is 5.35. The molecule has 0 unspecified atom stereocenters. The number of amides is 1. The summed E-state index contributed by atoms with van der Waals surface area (Å²) < 4.78 is 24.3. The molecule has 0 aromatic carbocycles. The van der Waals surface area contributed by atoms with E-state index in [1.54, 1.807) is 32.9 Å². The van der Waals surface area contributed by atoms with Crippen LogP contribution in [0.5, 0.6) is 0 Å². The molecule has 1 aromatic heterocycles. The van der Waals surface area contributed by atoms with Gasteiger partial charge in [0.05, 0.1) is 4.75 Å². The zero-order valence-electron chi connectivity index (χ0n) is 12.5. The van der Waals surface area contributed by atoms with Gasteiger partial charge in [-0.25, -0.2) is 18.2 Å². The Kier molecular flexibility index (Phi) is 5.06. The average Bonchev–Trinajstić information content (AvgIpc) is 2.86. The predicted molar refractivity (Wildman–Crippen MR) is 79.7 cm³/mol. The first-order valence-electron chi connectivity index (χ1n) is 6.32. The number of sulfone groups is 1. The van der Waals surface area contributed by atoms with E-state index in [1.807, 2.05) is 0 Å². The molecule has 7 nitrogen and oxygen atoms in total. The maximum absolute atomic E-state index is 12.2. The molecule has 1 amide bonds. The van der Waals surface area contributed by atoms with Gasteiger partial charge in [0, 0.05) is 13.1 Å². The molecule has 8 heteroatoms. The summed E-state index contributed by atoms with van der Waals surface area (Å²) in [5.74, 6) is 0. The Morgan fingerprint density at radius 2 is 1.86 bits per heavy atom. The number of nitrogens with zero attached hydrogens (tertiary/aromatic N) is 4. The van der Waals surface area contributed by atoms with E-state index < -0.39 is 20.6 Å². The lowest BCUT2D eigenvalue weighted by Crippen LogP contribution is -2.35. The Hall–Kier alpha value is -1.96. The van der Waals surface area contributed by atoms with Crippen molar-refractivity contribution in [2.75, 3.05) is 13.1 Å². The number of carbonyl (C=O) groups is 1. The van der Waals surface area contributed by atoms with Crippen LogP contribution in [0.2, 0.25) is 0 Å². The monoisotopic (exact) mass is 312 g/mol. The first-order chi connectivity index (χ1) is 9.65. The normalized spacial score (nSPS) is 12.0. The third-order valence-corrected chi connectivity index (χ3v) is 4.96. The molecule has 116 valence electrons. The molecule has 0 aliphatic heterocycles. The van der Waals surface area contributed by atoms with Crippen molar-refractivity contribution in [2.45, 2.75) is 30.7 Å². The smallest absolute Gasteiger partial charge is 0.315 e. The Bertz CT molecular complexity index is 631. The maximum atomic E-state index is 12.2. The van der Waals surface area contributed by atoms with Gasteiger partial charge in [-0.2, -0.15) is 4.68 Å². The van der Waals surface area contributed by atoms with Gasteiger partial charge >= 0.3 is 6.03 Å². The van der Waals surface area contributed by atoms with Crippen LogP contribution in [0.25, 0.3) is 0 Å². The van der Waals surface area contributed by atoms with Crippen molar-refractivity contribution in [3.63, 3.8) is 0 Å². The van der Waals surface area contributed by atoms with E-state index in [1.165, 1.54) is 4.90 Å². The van der Waals surface area contributed by atoms with Crippen molar-refractivity contribution >= 4 is 15.9 Å². The van der Waals surface area contributed by atoms with E-state index in [0.717, 1.165) is 11.0 Å². The van der Waals surface area contributed by atoms with Gasteiger partial charge in [-0.05, 0) is 20.8 Å². The summed E-state index contributed by atoms with van der Waals surface area (Å²) in [7, 11) is -3.69. The molecule has 21 heavy (non-hydrogen) atoms. The SMILES string of the molecule is C=CCN(CC=C)C(=O)n1cnc(S(=O)(=O)C(C)(C)C)n1. The summed E-state index contributed by atoms with van der Waals surface area (Å²) in [6.07, 6.45) is 4.22. The molecule has 0 saturated heterocycles. The molecule has 1 aromatic rings. The highest BCUT2D eigenvalue weighted by Crippen LogP contribution is 2.21. The standard InChI is InChI=1S/C13H20N4O3S/c1-6-8-16(9-7-2)12(18)17-10-14-11(15-17)21(19,20)13(3,4)5/h6-7,10H,1-2,8-9H2,3-5H3. The zero-order chi connectivity index (χ0) is 16.3. The van der Waals surface area contributed by atoms with Gasteiger partial charge < -0.3 is 4.90 Å². The van der Waals surface area contributed by atoms with E-state index in [0.29, 0.717) is 13.1 Å². The maximum Gasteiger partial charge on any atom is 0.346 e. The van der Waals surface area contributed by atoms with E-state index in [2.05, 4.69) is 23.2 Å². The highest BCUT2D eigenvalue weighted by atomic mass is 32.2. The van der Waals surface area contributed by atoms with E-state index in [9.17, 15) is 13.2 Å². The number of aromatic nitrogens is 3. The Labute approximate surface area is 124 Å². The fourth-order valence-corrected chi connectivity index (χ4v) is 2.35. The molecule has 0 bridgehead atoms. The molecule has 0 fully saturated rings. The van der Waals surface area contributed by atoms with Crippen molar-refractivity contribution in [2.24, 2.45) is 0 Å². The van der Waals surface area contributed by atoms with Crippen LogP contribution in [0, 0.1) is 0 Å². The molecule has 0 spiro atoms. The van der Waals surface area contributed by atoms with Gasteiger partial charge in [0.2, 0.25) is 9.84 Å². The molecule has 0 radical (unpaired) electrons. The topological polar surface area (TPSA) is 85.2 Å². The molecule has 1 rings (SSSR count). The molecule has 0 saturated carbocycles. The highest BCUT2D eigenvalue weighted by molar-refractivity contribution is 7.92. The first-order valence-corrected chi connectivity index (χ1v) is 7.81. The summed E-state index contributed by atoms with van der Waals surface area (Å²) in [5.41, 5.74) is 0. The van der Waals surface area contributed by atoms with Gasteiger partial charge in [-0.15, -0.1) is 18.3 Å². The summed E-state index contributed by atoms with van der Waals surface area (Å²) in [6, 6.07) is -0.488. The van der Waals surface area contributed by atoms with Crippen LogP contribution in [0.4, 0.5) is 4.79 Å². The largest absolute Gasteiger partial charge is 0.346 e. The quantitative estimate of drug-likeness (QED) is 0.769. The molecule has 0 aliphatic carbocycles. The van der Waals surface area contributed by atoms with Crippen molar-refractivity contribution in [1.82, 2.24) is 19.7 Å². The van der Waals surface area contributed by atoms with E-state index in [-0.39, 0.29) is 5.16 Å². The van der Waals surface area contributed by atoms with Crippen LogP contribution in [0.1, 0.15) is 20.8 Å². The molecule has 0 N–H and O–H groups in total. The number of hydrogen-bond acceptors (Lipinski definition) is 5. The van der Waals surface area contributed by atoms with Crippen molar-refractivity contribution in [3.05, 3.63) is 31.6 Å². The second-order valence-corrected chi connectivity index (χ2v) is 7.95. The Morgan fingerprint density at radius 1 is 1.33 bits per heavy atom. The molecular formula is C13H20N4O3S. The van der Waals surface area contributed by atoms with Gasteiger partial charge in [-0.1, -0.05) is 12.2 Å². The lowest BCUT2D eigenvalue weighted by Gasteiger charge is -2.18. The lowest BCUT2D eigenvalue weighted by atomic mass is 10.3. The minimum Gasteiger partial charge on any atom is -0.315 e. The number of rotatable bonds is 5. The van der Waals surface area contributed by atoms with Crippen molar-refractivity contribution < 1.29 is 13.2 Å². The first kappa shape index (κ1) is 17.1. The van der Waals surface area contributed by atoms with Crippen LogP contribution in [-0.4, -0.2) is 51.9 Å². The highest BCUT2D eigenvalue weighted by Gasteiger charge is 2.35. The van der Waals surface area contributed by atoms with Crippen LogP contribution in [0.15, 0.2) is 36.8 Å². The predicted octanol–water partition coefficient (Wildman–Crippen LogP) is 1.49. The van der Waals surface area contributed by atoms with Crippen molar-refractivity contribution in [1.29, 1.82) is 0 Å². The zero-order valence-corrected chi connectivity index (χ0v) is 13.3. The Balaban J connectivity index is 3.11. The molecule has 0 aliphatic rings. The molecule has 0 atom stereocenters. The fraction of sp³-hybridized carbons (Fsp3) is 0.462. The minimum atomic E-state index is -3.69. The second kappa shape index (κ2) is 6.21. The third kappa shape index (κ3) is 3.57. The summed E-state index contributed by atoms with van der Waals surface area (Å²) in [6.45, 7) is 12.4. The van der Waals surface area contributed by atoms with Crippen LogP contribution in [0.3, 0.4) is 0 Å². The average molecular weight is 312 g/mol. The van der Waals surface area contributed by atoms with Crippen LogP contribution < -0.4 is 0 Å². The lowest BCUT2D eigenvalue weighted by molar-refractivity contribution is 0.206. The summed E-state index contributed by atoms with van der Waals surface area (Å²) >= 11 is 0. The molecular weight excluding hydrogens is 292 g/mol. The van der Waals surface area contributed by atoms with Gasteiger partial charge in [0.15, 0.2) is 0 Å². The molecule has 1 heterocycles. The fourth-order valence-electron chi connectivity index (χ4n) is 1.42. The van der Waals surface area contributed by atoms with E-state index >= 15 is 0 Å². The van der Waals surface area contributed by atoms with Crippen molar-refractivity contribution in [3.8, 4) is 0 Å². The third-order valence-electron chi connectivity index (χ3n) is 2.68. The van der Waals surface area contributed by atoms with Crippen LogP contribution in [-0.2, 0) is 9.84 Å².